The van der Waals surface area contributed by atoms with Gasteiger partial charge in [0, 0.05) is 52.4 Å². The van der Waals surface area contributed by atoms with Crippen molar-refractivity contribution in [3.8, 4) is 5.75 Å². The summed E-state index contributed by atoms with van der Waals surface area (Å²) in [6.45, 7) is 13.2. The Balaban J connectivity index is 0.00000363. The molecule has 0 aliphatic carbocycles. The molecule has 1 aromatic carbocycles. The SMILES string of the molecule is CCNC(=NCCc1ccc(C)c(OC)c1)N1CCN(C(C)C(=O)N2CCCC2)CC1.I. The summed E-state index contributed by atoms with van der Waals surface area (Å²) in [4.78, 5) is 24.3. The molecule has 1 aromatic rings. The van der Waals surface area contributed by atoms with Crippen molar-refractivity contribution in [1.29, 1.82) is 0 Å². The topological polar surface area (TPSA) is 60.4 Å². The lowest BCUT2D eigenvalue weighted by Gasteiger charge is -2.39. The van der Waals surface area contributed by atoms with E-state index in [9.17, 15) is 4.79 Å². The van der Waals surface area contributed by atoms with Crippen molar-refractivity contribution in [2.24, 2.45) is 4.99 Å². The third kappa shape index (κ3) is 6.97. The van der Waals surface area contributed by atoms with Crippen LogP contribution in [0.3, 0.4) is 0 Å². The van der Waals surface area contributed by atoms with Crippen LogP contribution in [0.2, 0.25) is 0 Å². The number of nitrogens with zero attached hydrogens (tertiary/aromatic N) is 4. The van der Waals surface area contributed by atoms with Gasteiger partial charge in [-0.05, 0) is 57.2 Å². The zero-order chi connectivity index (χ0) is 22.2. The fraction of sp³-hybridized carbons (Fsp3) is 0.667. The molecule has 32 heavy (non-hydrogen) atoms. The van der Waals surface area contributed by atoms with E-state index >= 15 is 0 Å². The number of ether oxygens (including phenoxy) is 1. The molecule has 2 fully saturated rings. The molecule has 1 unspecified atom stereocenters. The van der Waals surface area contributed by atoms with Gasteiger partial charge in [0.15, 0.2) is 5.96 Å². The van der Waals surface area contributed by atoms with Gasteiger partial charge in [0.1, 0.15) is 5.75 Å². The van der Waals surface area contributed by atoms with Crippen LogP contribution in [0.4, 0.5) is 0 Å². The number of aliphatic imine (C=N–C) groups is 1. The van der Waals surface area contributed by atoms with E-state index in [-0.39, 0.29) is 30.0 Å². The highest BCUT2D eigenvalue weighted by atomic mass is 127. The molecule has 2 aliphatic heterocycles. The third-order valence-corrected chi connectivity index (χ3v) is 6.41. The molecule has 0 spiro atoms. The molecule has 0 bridgehead atoms. The van der Waals surface area contributed by atoms with E-state index < -0.39 is 0 Å². The summed E-state index contributed by atoms with van der Waals surface area (Å²) < 4.78 is 5.44. The normalized spacial score (nSPS) is 18.3. The van der Waals surface area contributed by atoms with Crippen LogP contribution in [0.5, 0.6) is 5.75 Å². The average Bonchev–Trinajstić information content (AvgIpc) is 3.34. The molecule has 1 atom stereocenters. The number of guanidine groups is 1. The van der Waals surface area contributed by atoms with Gasteiger partial charge in [0.2, 0.25) is 5.91 Å². The number of methoxy groups -OCH3 is 1. The van der Waals surface area contributed by atoms with Gasteiger partial charge in [-0.1, -0.05) is 12.1 Å². The number of halogens is 1. The maximum absolute atomic E-state index is 12.7. The number of likely N-dealkylation sites (tertiary alicyclic amines) is 1. The number of carbonyl (C=O) groups is 1. The van der Waals surface area contributed by atoms with Crippen molar-refractivity contribution in [1.82, 2.24) is 20.0 Å². The first-order chi connectivity index (χ1) is 15.0. The lowest BCUT2D eigenvalue weighted by Crippen LogP contribution is -2.57. The van der Waals surface area contributed by atoms with Crippen LogP contribution in [0, 0.1) is 6.92 Å². The monoisotopic (exact) mass is 557 g/mol. The standard InChI is InChI=1S/C24H39N5O2.HI/c1-5-25-24(26-11-10-21-9-8-19(2)22(18-21)31-4)29-16-14-27(15-17-29)20(3)23(30)28-12-6-7-13-28;/h8-9,18,20H,5-7,10-17H2,1-4H3,(H,25,26);1H. The summed E-state index contributed by atoms with van der Waals surface area (Å²) in [5, 5.41) is 3.44. The quantitative estimate of drug-likeness (QED) is 0.318. The van der Waals surface area contributed by atoms with Crippen LogP contribution in [0.25, 0.3) is 0 Å². The van der Waals surface area contributed by atoms with Crippen molar-refractivity contribution < 1.29 is 9.53 Å². The first kappa shape index (κ1) is 26.7. The van der Waals surface area contributed by atoms with Gasteiger partial charge in [-0.15, -0.1) is 24.0 Å². The molecule has 2 saturated heterocycles. The van der Waals surface area contributed by atoms with Gasteiger partial charge in [-0.2, -0.15) is 0 Å². The largest absolute Gasteiger partial charge is 0.496 e. The number of nitrogens with one attached hydrogen (secondary N) is 1. The molecule has 8 heteroatoms. The molecule has 1 amide bonds. The van der Waals surface area contributed by atoms with Gasteiger partial charge in [0.25, 0.3) is 0 Å². The number of carbonyl (C=O) groups excluding carboxylic acids is 1. The van der Waals surface area contributed by atoms with Crippen LogP contribution >= 0.6 is 24.0 Å². The number of piperazine rings is 1. The summed E-state index contributed by atoms with van der Waals surface area (Å²) in [5.74, 6) is 2.20. The maximum Gasteiger partial charge on any atom is 0.239 e. The number of amides is 1. The molecular weight excluding hydrogens is 517 g/mol. The van der Waals surface area contributed by atoms with E-state index in [0.29, 0.717) is 5.91 Å². The summed E-state index contributed by atoms with van der Waals surface area (Å²) in [6.07, 6.45) is 3.17. The van der Waals surface area contributed by atoms with Gasteiger partial charge in [0.05, 0.1) is 13.2 Å². The summed E-state index contributed by atoms with van der Waals surface area (Å²) in [5.41, 5.74) is 2.39. The zero-order valence-corrected chi connectivity index (χ0v) is 22.4. The highest BCUT2D eigenvalue weighted by molar-refractivity contribution is 14.0. The van der Waals surface area contributed by atoms with E-state index in [1.807, 2.05) is 4.90 Å². The molecule has 0 radical (unpaired) electrons. The van der Waals surface area contributed by atoms with Crippen molar-refractivity contribution in [3.63, 3.8) is 0 Å². The zero-order valence-electron chi connectivity index (χ0n) is 20.1. The predicted octanol–water partition coefficient (Wildman–Crippen LogP) is 2.76. The molecule has 0 saturated carbocycles. The second kappa shape index (κ2) is 13.2. The number of hydrogen-bond acceptors (Lipinski definition) is 4. The molecule has 180 valence electrons. The van der Waals surface area contributed by atoms with Crippen LogP contribution in [0.15, 0.2) is 23.2 Å². The highest BCUT2D eigenvalue weighted by Crippen LogP contribution is 2.19. The lowest BCUT2D eigenvalue weighted by atomic mass is 10.1. The maximum atomic E-state index is 12.7. The molecule has 1 N–H and O–H groups in total. The number of aryl methyl sites for hydroxylation is 1. The average molecular weight is 558 g/mol. The van der Waals surface area contributed by atoms with E-state index in [0.717, 1.165) is 88.9 Å². The second-order valence-electron chi connectivity index (χ2n) is 8.52. The molecule has 2 aliphatic rings. The van der Waals surface area contributed by atoms with Crippen LogP contribution < -0.4 is 10.1 Å². The van der Waals surface area contributed by atoms with E-state index in [1.54, 1.807) is 7.11 Å². The second-order valence-corrected chi connectivity index (χ2v) is 8.52. The van der Waals surface area contributed by atoms with Crippen molar-refractivity contribution in [2.75, 3.05) is 59.5 Å². The first-order valence-corrected chi connectivity index (χ1v) is 11.7. The molecule has 2 heterocycles. The Hall–Kier alpha value is -1.55. The third-order valence-electron chi connectivity index (χ3n) is 6.41. The summed E-state index contributed by atoms with van der Waals surface area (Å²) in [7, 11) is 1.72. The smallest absolute Gasteiger partial charge is 0.239 e. The fourth-order valence-electron chi connectivity index (χ4n) is 4.42. The molecule has 3 rings (SSSR count). The molecule has 0 aromatic heterocycles. The van der Waals surface area contributed by atoms with Crippen LogP contribution in [-0.4, -0.2) is 92.1 Å². The molecular formula is C24H40IN5O2. The van der Waals surface area contributed by atoms with Crippen molar-refractivity contribution in [2.45, 2.75) is 46.1 Å². The van der Waals surface area contributed by atoms with Gasteiger partial charge in [-0.3, -0.25) is 14.7 Å². The van der Waals surface area contributed by atoms with Crippen molar-refractivity contribution >= 4 is 35.8 Å². The van der Waals surface area contributed by atoms with Crippen molar-refractivity contribution in [3.05, 3.63) is 29.3 Å². The van der Waals surface area contributed by atoms with Crippen LogP contribution in [0.1, 0.15) is 37.8 Å². The van der Waals surface area contributed by atoms with Gasteiger partial charge < -0.3 is 19.9 Å². The Morgan fingerprint density at radius 1 is 1.12 bits per heavy atom. The van der Waals surface area contributed by atoms with Crippen LogP contribution in [-0.2, 0) is 11.2 Å². The summed E-state index contributed by atoms with van der Waals surface area (Å²) >= 11 is 0. The van der Waals surface area contributed by atoms with E-state index in [4.69, 9.17) is 9.73 Å². The fourth-order valence-corrected chi connectivity index (χ4v) is 4.42. The Morgan fingerprint density at radius 2 is 1.81 bits per heavy atom. The Kier molecular flexibility index (Phi) is 11.0. The Morgan fingerprint density at radius 3 is 2.44 bits per heavy atom. The number of hydrogen-bond donors (Lipinski definition) is 1. The minimum Gasteiger partial charge on any atom is -0.496 e. The lowest BCUT2D eigenvalue weighted by molar-refractivity contribution is -0.135. The minimum absolute atomic E-state index is 0. The number of benzene rings is 1. The van der Waals surface area contributed by atoms with E-state index in [1.165, 1.54) is 5.56 Å². The summed E-state index contributed by atoms with van der Waals surface area (Å²) in [6, 6.07) is 6.33. The van der Waals surface area contributed by atoms with Gasteiger partial charge in [-0.25, -0.2) is 0 Å². The van der Waals surface area contributed by atoms with Gasteiger partial charge >= 0.3 is 0 Å². The highest BCUT2D eigenvalue weighted by Gasteiger charge is 2.30. The Labute approximate surface area is 210 Å². The molecule has 7 nitrogen and oxygen atoms in total. The van der Waals surface area contributed by atoms with E-state index in [2.05, 4.69) is 54.1 Å². The predicted molar refractivity (Wildman–Crippen MR) is 141 cm³/mol. The Bertz CT molecular complexity index is 759. The minimum atomic E-state index is -0.0312. The number of rotatable bonds is 7. The first-order valence-electron chi connectivity index (χ1n) is 11.7.